The van der Waals surface area contributed by atoms with Gasteiger partial charge < -0.3 is 15.1 Å². The molecule has 4 heteroatoms. The number of hydrogen-bond donors (Lipinski definition) is 2. The minimum absolute atomic E-state index is 0.153. The van der Waals surface area contributed by atoms with Gasteiger partial charge in [0.25, 0.3) is 0 Å². The first-order valence-corrected chi connectivity index (χ1v) is 5.85. The van der Waals surface area contributed by atoms with Crippen molar-refractivity contribution in [3.8, 4) is 0 Å². The van der Waals surface area contributed by atoms with E-state index in [1.165, 1.54) is 0 Å². The number of hydrogen-bond acceptors (Lipinski definition) is 3. The quantitative estimate of drug-likeness (QED) is 0.836. The Hall–Kier alpha value is -1.55. The molecular weight excluding hydrogens is 218 g/mol. The summed E-state index contributed by atoms with van der Waals surface area (Å²) in [7, 11) is 0. The fourth-order valence-electron chi connectivity index (χ4n) is 2.45. The van der Waals surface area contributed by atoms with E-state index < -0.39 is 5.97 Å². The monoisotopic (exact) mass is 235 g/mol. The van der Waals surface area contributed by atoms with Gasteiger partial charge in [0, 0.05) is 12.2 Å². The molecule has 92 valence electrons. The number of carboxylic acids is 1. The Bertz CT molecular complexity index is 431. The van der Waals surface area contributed by atoms with Crippen molar-refractivity contribution in [1.29, 1.82) is 0 Å². The van der Waals surface area contributed by atoms with E-state index in [9.17, 15) is 9.90 Å². The van der Waals surface area contributed by atoms with Crippen LogP contribution in [0.3, 0.4) is 0 Å². The molecule has 17 heavy (non-hydrogen) atoms. The summed E-state index contributed by atoms with van der Waals surface area (Å²) in [5, 5.41) is 18.2. The first kappa shape index (κ1) is 11.9. The van der Waals surface area contributed by atoms with E-state index in [2.05, 4.69) is 4.90 Å². The van der Waals surface area contributed by atoms with Gasteiger partial charge in [-0.2, -0.15) is 0 Å². The molecule has 1 unspecified atom stereocenters. The van der Waals surface area contributed by atoms with Crippen molar-refractivity contribution in [3.05, 3.63) is 29.3 Å². The number of aliphatic hydroxyl groups excluding tert-OH is 1. The lowest BCUT2D eigenvalue weighted by Crippen LogP contribution is -2.32. The summed E-state index contributed by atoms with van der Waals surface area (Å²) in [4.78, 5) is 13.0. The summed E-state index contributed by atoms with van der Waals surface area (Å²) < 4.78 is 0. The molecule has 1 aromatic carbocycles. The van der Waals surface area contributed by atoms with Crippen LogP contribution in [0.5, 0.6) is 0 Å². The van der Waals surface area contributed by atoms with Crippen molar-refractivity contribution in [2.45, 2.75) is 25.8 Å². The summed E-state index contributed by atoms with van der Waals surface area (Å²) >= 11 is 0. The van der Waals surface area contributed by atoms with Crippen molar-refractivity contribution >= 4 is 11.7 Å². The maximum Gasteiger partial charge on any atom is 0.335 e. The second-order valence-corrected chi connectivity index (χ2v) is 4.48. The molecule has 1 fully saturated rings. The average molecular weight is 235 g/mol. The molecule has 1 aliphatic rings. The molecule has 2 rings (SSSR count). The zero-order valence-electron chi connectivity index (χ0n) is 9.89. The number of rotatable bonds is 3. The highest BCUT2D eigenvalue weighted by molar-refractivity contribution is 5.88. The number of benzene rings is 1. The number of anilines is 1. The van der Waals surface area contributed by atoms with Gasteiger partial charge in [0.2, 0.25) is 0 Å². The third-order valence-electron chi connectivity index (χ3n) is 3.34. The van der Waals surface area contributed by atoms with Crippen molar-refractivity contribution < 1.29 is 15.0 Å². The Balaban J connectivity index is 2.30. The van der Waals surface area contributed by atoms with E-state index in [4.69, 9.17) is 5.11 Å². The molecule has 2 N–H and O–H groups in total. The molecule has 0 amide bonds. The van der Waals surface area contributed by atoms with Crippen LogP contribution in [-0.2, 0) is 0 Å². The molecule has 1 aromatic rings. The smallest absolute Gasteiger partial charge is 0.335 e. The number of aliphatic hydroxyl groups is 1. The molecule has 1 aliphatic heterocycles. The van der Waals surface area contributed by atoms with Gasteiger partial charge in [-0.05, 0) is 43.5 Å². The van der Waals surface area contributed by atoms with E-state index in [0.717, 1.165) is 30.6 Å². The molecule has 4 nitrogen and oxygen atoms in total. The summed E-state index contributed by atoms with van der Waals surface area (Å²) in [6, 6.07) is 5.32. The lowest BCUT2D eigenvalue weighted by Gasteiger charge is -2.27. The van der Waals surface area contributed by atoms with Gasteiger partial charge in [-0.15, -0.1) is 0 Å². The van der Waals surface area contributed by atoms with E-state index in [0.29, 0.717) is 5.56 Å². The Morgan fingerprint density at radius 1 is 1.53 bits per heavy atom. The number of nitrogens with zero attached hydrogens (tertiary/aromatic N) is 1. The summed E-state index contributed by atoms with van der Waals surface area (Å²) in [5.41, 5.74) is 2.29. The van der Waals surface area contributed by atoms with Crippen LogP contribution in [0, 0.1) is 6.92 Å². The molecule has 0 saturated carbocycles. The standard InChI is InChI=1S/C13H17NO3/c1-9-7-10(13(16)17)4-5-12(9)14-6-2-3-11(14)8-15/h4-5,7,11,15H,2-3,6,8H2,1H3,(H,16,17). The van der Waals surface area contributed by atoms with Crippen molar-refractivity contribution in [2.75, 3.05) is 18.1 Å². The molecule has 1 heterocycles. The minimum atomic E-state index is -0.903. The van der Waals surface area contributed by atoms with Crippen LogP contribution < -0.4 is 4.90 Å². The third kappa shape index (κ3) is 2.26. The van der Waals surface area contributed by atoms with Crippen LogP contribution in [0.4, 0.5) is 5.69 Å². The summed E-state index contributed by atoms with van der Waals surface area (Å²) in [5.74, 6) is -0.903. The van der Waals surface area contributed by atoms with Crippen molar-refractivity contribution in [3.63, 3.8) is 0 Å². The van der Waals surface area contributed by atoms with E-state index in [1.807, 2.05) is 13.0 Å². The molecule has 0 bridgehead atoms. The number of carboxylic acid groups (broad SMARTS) is 1. The highest BCUT2D eigenvalue weighted by atomic mass is 16.4. The first-order valence-electron chi connectivity index (χ1n) is 5.85. The Morgan fingerprint density at radius 3 is 2.88 bits per heavy atom. The second-order valence-electron chi connectivity index (χ2n) is 4.48. The summed E-state index contributed by atoms with van der Waals surface area (Å²) in [6.45, 7) is 2.99. The lowest BCUT2D eigenvalue weighted by molar-refractivity contribution is 0.0697. The van der Waals surface area contributed by atoms with Crippen LogP contribution in [-0.4, -0.2) is 35.4 Å². The lowest BCUT2D eigenvalue weighted by atomic mass is 10.1. The largest absolute Gasteiger partial charge is 0.478 e. The van der Waals surface area contributed by atoms with Gasteiger partial charge in [-0.1, -0.05) is 0 Å². The Labute approximate surface area is 100 Å². The Kier molecular flexibility index (Phi) is 3.33. The predicted octanol–water partition coefficient (Wildman–Crippen LogP) is 1.65. The number of carbonyl (C=O) groups is 1. The fraction of sp³-hybridized carbons (Fsp3) is 0.462. The van der Waals surface area contributed by atoms with Crippen LogP contribution in [0.15, 0.2) is 18.2 Å². The van der Waals surface area contributed by atoms with Gasteiger partial charge in [0.05, 0.1) is 18.2 Å². The summed E-state index contributed by atoms with van der Waals surface area (Å²) in [6.07, 6.45) is 2.07. The van der Waals surface area contributed by atoms with Gasteiger partial charge in [0.1, 0.15) is 0 Å². The normalized spacial score (nSPS) is 19.6. The first-order chi connectivity index (χ1) is 8.13. The van der Waals surface area contributed by atoms with Crippen LogP contribution >= 0.6 is 0 Å². The van der Waals surface area contributed by atoms with E-state index >= 15 is 0 Å². The van der Waals surface area contributed by atoms with Gasteiger partial charge >= 0.3 is 5.97 Å². The fourth-order valence-corrected chi connectivity index (χ4v) is 2.45. The average Bonchev–Trinajstić information content (AvgIpc) is 2.76. The minimum Gasteiger partial charge on any atom is -0.478 e. The maximum absolute atomic E-state index is 10.9. The molecular formula is C13H17NO3. The SMILES string of the molecule is Cc1cc(C(=O)O)ccc1N1CCCC1CO. The molecule has 1 atom stereocenters. The highest BCUT2D eigenvalue weighted by Crippen LogP contribution is 2.28. The van der Waals surface area contributed by atoms with Gasteiger partial charge in [-0.25, -0.2) is 4.79 Å². The van der Waals surface area contributed by atoms with Crippen molar-refractivity contribution in [1.82, 2.24) is 0 Å². The van der Waals surface area contributed by atoms with Crippen LogP contribution in [0.2, 0.25) is 0 Å². The third-order valence-corrected chi connectivity index (χ3v) is 3.34. The maximum atomic E-state index is 10.9. The zero-order chi connectivity index (χ0) is 12.4. The number of aromatic carboxylic acids is 1. The van der Waals surface area contributed by atoms with E-state index in [-0.39, 0.29) is 12.6 Å². The molecule has 0 aromatic heterocycles. The molecule has 0 aliphatic carbocycles. The second kappa shape index (κ2) is 4.75. The van der Waals surface area contributed by atoms with Gasteiger partial charge in [0.15, 0.2) is 0 Å². The molecule has 0 spiro atoms. The highest BCUT2D eigenvalue weighted by Gasteiger charge is 2.25. The molecule has 1 saturated heterocycles. The Morgan fingerprint density at radius 2 is 2.29 bits per heavy atom. The zero-order valence-corrected chi connectivity index (χ0v) is 9.89. The van der Waals surface area contributed by atoms with Gasteiger partial charge in [-0.3, -0.25) is 0 Å². The molecule has 0 radical (unpaired) electrons. The van der Waals surface area contributed by atoms with E-state index in [1.54, 1.807) is 12.1 Å². The van der Waals surface area contributed by atoms with Crippen molar-refractivity contribution in [2.24, 2.45) is 0 Å². The van der Waals surface area contributed by atoms with Crippen LogP contribution in [0.25, 0.3) is 0 Å². The van der Waals surface area contributed by atoms with Crippen LogP contribution in [0.1, 0.15) is 28.8 Å². The number of aryl methyl sites for hydroxylation is 1. The topological polar surface area (TPSA) is 60.8 Å². The predicted molar refractivity (Wildman–Crippen MR) is 65.6 cm³/mol.